The molecule has 0 spiro atoms. The van der Waals surface area contributed by atoms with Crippen molar-refractivity contribution in [3.63, 3.8) is 0 Å². The Morgan fingerprint density at radius 1 is 1.50 bits per heavy atom. The maximum atomic E-state index is 5.87. The van der Waals surface area contributed by atoms with Gasteiger partial charge in [0, 0.05) is 5.92 Å². The van der Waals surface area contributed by atoms with Crippen molar-refractivity contribution in [3.05, 3.63) is 29.8 Å². The zero-order valence-electron chi connectivity index (χ0n) is 7.94. The van der Waals surface area contributed by atoms with Crippen LogP contribution in [0.25, 0.3) is 0 Å². The molecule has 2 heteroatoms. The highest BCUT2D eigenvalue weighted by molar-refractivity contribution is 5.39. The van der Waals surface area contributed by atoms with E-state index >= 15 is 0 Å². The lowest BCUT2D eigenvalue weighted by Gasteiger charge is -2.27. The molecule has 2 nitrogen and oxygen atoms in total. The van der Waals surface area contributed by atoms with E-state index in [1.807, 2.05) is 24.3 Å². The third-order valence-corrected chi connectivity index (χ3v) is 2.63. The number of para-hydroxylation sites is 1. The third kappa shape index (κ3) is 1.47. The molecule has 2 atom stereocenters. The number of terminal acetylenes is 1. The summed E-state index contributed by atoms with van der Waals surface area (Å²) in [6, 6.07) is 7.74. The topological polar surface area (TPSA) is 35.2 Å². The van der Waals surface area contributed by atoms with Gasteiger partial charge in [-0.25, -0.2) is 0 Å². The number of hydrogen-bond acceptors (Lipinski definition) is 2. The van der Waals surface area contributed by atoms with Crippen molar-refractivity contribution in [2.45, 2.75) is 18.4 Å². The Morgan fingerprint density at radius 2 is 2.29 bits per heavy atom. The molecule has 14 heavy (non-hydrogen) atoms. The van der Waals surface area contributed by atoms with Gasteiger partial charge < -0.3 is 10.5 Å². The van der Waals surface area contributed by atoms with Crippen LogP contribution in [0.1, 0.15) is 17.9 Å². The molecule has 0 radical (unpaired) electrons. The van der Waals surface area contributed by atoms with E-state index in [2.05, 4.69) is 5.92 Å². The first-order chi connectivity index (χ1) is 6.83. The molecule has 0 amide bonds. The van der Waals surface area contributed by atoms with Gasteiger partial charge in [-0.2, -0.15) is 0 Å². The molecule has 0 aromatic heterocycles. The summed E-state index contributed by atoms with van der Waals surface area (Å²) in [6.07, 6.45) is 6.25. The lowest BCUT2D eigenvalue weighted by Crippen LogP contribution is -2.30. The summed E-state index contributed by atoms with van der Waals surface area (Å²) >= 11 is 0. The van der Waals surface area contributed by atoms with Crippen LogP contribution in [0.15, 0.2) is 24.3 Å². The first kappa shape index (κ1) is 9.11. The summed E-state index contributed by atoms with van der Waals surface area (Å²) in [5.41, 5.74) is 7.01. The Bertz CT molecular complexity index is 367. The maximum absolute atomic E-state index is 5.87. The van der Waals surface area contributed by atoms with Gasteiger partial charge in [0.2, 0.25) is 0 Å². The Hall–Kier alpha value is -1.46. The van der Waals surface area contributed by atoms with Crippen molar-refractivity contribution in [3.8, 4) is 18.1 Å². The highest BCUT2D eigenvalue weighted by Gasteiger charge is 2.25. The second-order valence-corrected chi connectivity index (χ2v) is 3.47. The van der Waals surface area contributed by atoms with Crippen molar-refractivity contribution in [1.82, 2.24) is 0 Å². The standard InChI is InChI=1S/C12H13NO/c1-2-11(13)9-7-8-14-12-6-4-3-5-10(9)12/h1,3-6,9,11H,7-8,13H2. The van der Waals surface area contributed by atoms with Crippen molar-refractivity contribution >= 4 is 0 Å². The van der Waals surface area contributed by atoms with Gasteiger partial charge in [0.05, 0.1) is 12.6 Å². The van der Waals surface area contributed by atoms with E-state index in [0.717, 1.165) is 17.7 Å². The van der Waals surface area contributed by atoms with Crippen LogP contribution < -0.4 is 10.5 Å². The van der Waals surface area contributed by atoms with Gasteiger partial charge in [0.25, 0.3) is 0 Å². The number of benzene rings is 1. The Balaban J connectivity index is 2.36. The van der Waals surface area contributed by atoms with Gasteiger partial charge in [-0.3, -0.25) is 0 Å². The average molecular weight is 187 g/mol. The number of hydrogen-bond donors (Lipinski definition) is 1. The third-order valence-electron chi connectivity index (χ3n) is 2.63. The molecule has 72 valence electrons. The molecule has 1 aromatic rings. The van der Waals surface area contributed by atoms with Gasteiger partial charge in [-0.15, -0.1) is 6.42 Å². The molecule has 2 N–H and O–H groups in total. The highest BCUT2D eigenvalue weighted by atomic mass is 16.5. The molecule has 0 fully saturated rings. The smallest absolute Gasteiger partial charge is 0.122 e. The molecule has 0 bridgehead atoms. The Labute approximate surface area is 84.1 Å². The summed E-state index contributed by atoms with van der Waals surface area (Å²) in [5, 5.41) is 0. The predicted octanol–water partition coefficient (Wildman–Crippen LogP) is 1.51. The number of fused-ring (bicyclic) bond motifs is 1. The fraction of sp³-hybridized carbons (Fsp3) is 0.333. The van der Waals surface area contributed by atoms with Crippen LogP contribution in [0.4, 0.5) is 0 Å². The normalized spacial score (nSPS) is 21.6. The van der Waals surface area contributed by atoms with Crippen LogP contribution in [0.3, 0.4) is 0 Å². The SMILES string of the molecule is C#CC(N)C1CCOc2ccccc21. The second-order valence-electron chi connectivity index (χ2n) is 3.47. The minimum Gasteiger partial charge on any atom is -0.493 e. The van der Waals surface area contributed by atoms with Gasteiger partial charge in [0.15, 0.2) is 0 Å². The summed E-state index contributed by atoms with van der Waals surface area (Å²) in [6.45, 7) is 0.705. The molecule has 0 saturated heterocycles. The van der Waals surface area contributed by atoms with Crippen LogP contribution in [-0.2, 0) is 0 Å². The van der Waals surface area contributed by atoms with Gasteiger partial charge in [-0.1, -0.05) is 24.1 Å². The van der Waals surface area contributed by atoms with E-state index in [4.69, 9.17) is 16.9 Å². The maximum Gasteiger partial charge on any atom is 0.122 e. The zero-order valence-corrected chi connectivity index (χ0v) is 7.94. The van der Waals surface area contributed by atoms with Crippen LogP contribution in [0.5, 0.6) is 5.75 Å². The van der Waals surface area contributed by atoms with Gasteiger partial charge in [0.1, 0.15) is 5.75 Å². The molecule has 0 aliphatic carbocycles. The molecule has 1 aliphatic rings. The van der Waals surface area contributed by atoms with E-state index in [-0.39, 0.29) is 12.0 Å². The number of rotatable bonds is 1. The zero-order chi connectivity index (χ0) is 9.97. The largest absolute Gasteiger partial charge is 0.493 e. The van der Waals surface area contributed by atoms with Crippen LogP contribution in [-0.4, -0.2) is 12.6 Å². The molecular weight excluding hydrogens is 174 g/mol. The lowest BCUT2D eigenvalue weighted by atomic mass is 9.87. The van der Waals surface area contributed by atoms with Gasteiger partial charge >= 0.3 is 0 Å². The lowest BCUT2D eigenvalue weighted by molar-refractivity contribution is 0.262. The average Bonchev–Trinajstić information content (AvgIpc) is 2.27. The predicted molar refractivity (Wildman–Crippen MR) is 56.1 cm³/mol. The highest BCUT2D eigenvalue weighted by Crippen LogP contribution is 2.34. The van der Waals surface area contributed by atoms with E-state index in [1.165, 1.54) is 0 Å². The monoisotopic (exact) mass is 187 g/mol. The van der Waals surface area contributed by atoms with E-state index < -0.39 is 0 Å². The minimum absolute atomic E-state index is 0.208. The Morgan fingerprint density at radius 3 is 3.07 bits per heavy atom. The summed E-state index contributed by atoms with van der Waals surface area (Å²) in [4.78, 5) is 0. The van der Waals surface area contributed by atoms with Crippen LogP contribution in [0, 0.1) is 12.3 Å². The van der Waals surface area contributed by atoms with Crippen LogP contribution in [0.2, 0.25) is 0 Å². The number of nitrogens with two attached hydrogens (primary N) is 1. The molecule has 1 heterocycles. The summed E-state index contributed by atoms with van der Waals surface area (Å²) < 4.78 is 5.52. The van der Waals surface area contributed by atoms with Crippen molar-refractivity contribution in [2.24, 2.45) is 5.73 Å². The minimum atomic E-state index is -0.208. The molecule has 1 aliphatic heterocycles. The first-order valence-corrected chi connectivity index (χ1v) is 4.76. The van der Waals surface area contributed by atoms with Crippen LogP contribution >= 0.6 is 0 Å². The summed E-state index contributed by atoms with van der Waals surface area (Å²) in [5.74, 6) is 3.76. The first-order valence-electron chi connectivity index (χ1n) is 4.76. The quantitative estimate of drug-likeness (QED) is 0.676. The second kappa shape index (κ2) is 3.73. The molecular formula is C12H13NO. The van der Waals surface area contributed by atoms with Crippen molar-refractivity contribution in [1.29, 1.82) is 0 Å². The molecule has 1 aromatic carbocycles. The fourth-order valence-electron chi connectivity index (χ4n) is 1.86. The van der Waals surface area contributed by atoms with E-state index in [9.17, 15) is 0 Å². The Kier molecular flexibility index (Phi) is 2.43. The van der Waals surface area contributed by atoms with Gasteiger partial charge in [-0.05, 0) is 18.1 Å². The van der Waals surface area contributed by atoms with Crippen molar-refractivity contribution in [2.75, 3.05) is 6.61 Å². The summed E-state index contributed by atoms with van der Waals surface area (Å²) in [7, 11) is 0. The molecule has 0 saturated carbocycles. The molecule has 2 rings (SSSR count). The fourth-order valence-corrected chi connectivity index (χ4v) is 1.86. The van der Waals surface area contributed by atoms with E-state index in [1.54, 1.807) is 0 Å². The van der Waals surface area contributed by atoms with E-state index in [0.29, 0.717) is 6.61 Å². The van der Waals surface area contributed by atoms with Crippen molar-refractivity contribution < 1.29 is 4.74 Å². The molecule has 2 unspecified atom stereocenters. The number of ether oxygens (including phenoxy) is 1.